The summed E-state index contributed by atoms with van der Waals surface area (Å²) in [4.78, 5) is 26.2. The molecule has 0 unspecified atom stereocenters. The van der Waals surface area contributed by atoms with E-state index in [0.717, 1.165) is 11.3 Å². The molecule has 0 saturated heterocycles. The Labute approximate surface area is 120 Å². The Morgan fingerprint density at radius 1 is 1.35 bits per heavy atom. The Kier molecular flexibility index (Phi) is 3.23. The van der Waals surface area contributed by atoms with Crippen LogP contribution in [0.2, 0.25) is 5.15 Å². The predicted octanol–water partition coefficient (Wildman–Crippen LogP) is 1.31. The molecule has 2 aromatic rings. The van der Waals surface area contributed by atoms with Gasteiger partial charge in [-0.25, -0.2) is 15.0 Å². The van der Waals surface area contributed by atoms with Crippen molar-refractivity contribution in [3.8, 4) is 0 Å². The average molecular weight is 290 g/mol. The van der Waals surface area contributed by atoms with Crippen molar-refractivity contribution in [2.45, 2.75) is 13.0 Å². The maximum Gasteiger partial charge on any atom is 0.254 e. The fraction of sp³-hybridized carbons (Fsp3) is 0.231. The third kappa shape index (κ3) is 2.30. The second-order valence-electron chi connectivity index (χ2n) is 4.53. The van der Waals surface area contributed by atoms with Crippen molar-refractivity contribution in [2.24, 2.45) is 0 Å². The number of nitrogens with zero attached hydrogens (tertiary/aromatic N) is 4. The van der Waals surface area contributed by atoms with Crippen LogP contribution < -0.4 is 5.73 Å². The van der Waals surface area contributed by atoms with Crippen molar-refractivity contribution < 1.29 is 4.79 Å². The molecule has 3 heterocycles. The van der Waals surface area contributed by atoms with Crippen molar-refractivity contribution in [3.05, 3.63) is 46.6 Å². The van der Waals surface area contributed by atoms with Gasteiger partial charge in [0.05, 0.1) is 12.2 Å². The summed E-state index contributed by atoms with van der Waals surface area (Å²) in [6.45, 7) is 1.02. The van der Waals surface area contributed by atoms with Crippen molar-refractivity contribution >= 4 is 23.3 Å². The van der Waals surface area contributed by atoms with Crippen molar-refractivity contribution in [1.29, 1.82) is 0 Å². The molecule has 2 aromatic heterocycles. The number of carbonyl (C=O) groups excluding carboxylic acids is 1. The molecule has 6 nitrogen and oxygen atoms in total. The van der Waals surface area contributed by atoms with Crippen LogP contribution in [-0.4, -0.2) is 32.3 Å². The number of hydrogen-bond donors (Lipinski definition) is 1. The van der Waals surface area contributed by atoms with Crippen LogP contribution >= 0.6 is 11.6 Å². The highest BCUT2D eigenvalue weighted by atomic mass is 35.5. The smallest absolute Gasteiger partial charge is 0.254 e. The average Bonchev–Trinajstić information content (AvgIpc) is 2.46. The standard InChI is InChI=1S/C13H12ClN5O/c14-11-5-8(1-3-16-11)13(20)19-4-2-9-10(6-19)17-7-18-12(9)15/h1,3,5,7H,2,4,6H2,(H2,15,17,18). The Morgan fingerprint density at radius 3 is 3.00 bits per heavy atom. The van der Waals surface area contributed by atoms with Crippen LogP contribution in [0.5, 0.6) is 0 Å². The minimum atomic E-state index is -0.0860. The number of anilines is 1. The number of aromatic nitrogens is 3. The quantitative estimate of drug-likeness (QED) is 0.800. The Hall–Kier alpha value is -2.21. The van der Waals surface area contributed by atoms with Crippen LogP contribution in [0.4, 0.5) is 5.82 Å². The summed E-state index contributed by atoms with van der Waals surface area (Å²) in [6.07, 6.45) is 3.60. The van der Waals surface area contributed by atoms with Crippen LogP contribution in [-0.2, 0) is 13.0 Å². The number of carbonyl (C=O) groups is 1. The molecule has 20 heavy (non-hydrogen) atoms. The number of nitrogens with two attached hydrogens (primary N) is 1. The first kappa shape index (κ1) is 12.8. The lowest BCUT2D eigenvalue weighted by atomic mass is 10.0. The molecule has 1 aliphatic heterocycles. The molecule has 0 spiro atoms. The Bertz CT molecular complexity index is 676. The monoisotopic (exact) mass is 289 g/mol. The summed E-state index contributed by atoms with van der Waals surface area (Å²) in [5.41, 5.74) is 8.07. The van der Waals surface area contributed by atoms with Crippen molar-refractivity contribution in [1.82, 2.24) is 19.9 Å². The van der Waals surface area contributed by atoms with Gasteiger partial charge in [0.15, 0.2) is 0 Å². The van der Waals surface area contributed by atoms with Crippen molar-refractivity contribution in [3.63, 3.8) is 0 Å². The van der Waals surface area contributed by atoms with Gasteiger partial charge in [0.2, 0.25) is 0 Å². The first-order valence-corrected chi connectivity index (χ1v) is 6.52. The van der Waals surface area contributed by atoms with Crippen LogP contribution in [0, 0.1) is 0 Å². The van der Waals surface area contributed by atoms with E-state index in [1.807, 2.05) is 0 Å². The van der Waals surface area contributed by atoms with Gasteiger partial charge in [-0.05, 0) is 18.6 Å². The lowest BCUT2D eigenvalue weighted by molar-refractivity contribution is 0.0731. The summed E-state index contributed by atoms with van der Waals surface area (Å²) >= 11 is 5.81. The highest BCUT2D eigenvalue weighted by Crippen LogP contribution is 2.22. The zero-order valence-electron chi connectivity index (χ0n) is 10.6. The van der Waals surface area contributed by atoms with Gasteiger partial charge >= 0.3 is 0 Å². The summed E-state index contributed by atoms with van der Waals surface area (Å²) in [5.74, 6) is 0.409. The number of amides is 1. The molecule has 1 amide bonds. The molecule has 0 aromatic carbocycles. The number of rotatable bonds is 1. The van der Waals surface area contributed by atoms with Gasteiger partial charge in [-0.2, -0.15) is 0 Å². The van der Waals surface area contributed by atoms with Crippen LogP contribution in [0.1, 0.15) is 21.6 Å². The third-order valence-corrected chi connectivity index (χ3v) is 3.51. The minimum Gasteiger partial charge on any atom is -0.383 e. The Morgan fingerprint density at radius 2 is 2.20 bits per heavy atom. The first-order valence-electron chi connectivity index (χ1n) is 6.14. The lowest BCUT2D eigenvalue weighted by Gasteiger charge is -2.28. The van der Waals surface area contributed by atoms with E-state index < -0.39 is 0 Å². The molecule has 0 aliphatic carbocycles. The topological polar surface area (TPSA) is 85.0 Å². The molecule has 1 aliphatic rings. The first-order chi connectivity index (χ1) is 9.65. The Balaban J connectivity index is 1.85. The van der Waals surface area contributed by atoms with E-state index in [-0.39, 0.29) is 5.91 Å². The number of halogens is 1. The molecular weight excluding hydrogens is 278 g/mol. The fourth-order valence-electron chi connectivity index (χ4n) is 2.27. The van der Waals surface area contributed by atoms with Gasteiger partial charge < -0.3 is 10.6 Å². The zero-order chi connectivity index (χ0) is 14.1. The maximum atomic E-state index is 12.4. The van der Waals surface area contributed by atoms with E-state index in [1.165, 1.54) is 12.5 Å². The second-order valence-corrected chi connectivity index (χ2v) is 4.92. The largest absolute Gasteiger partial charge is 0.383 e. The molecular formula is C13H12ClN5O. The van der Waals surface area contributed by atoms with Crippen LogP contribution in [0.25, 0.3) is 0 Å². The third-order valence-electron chi connectivity index (χ3n) is 3.30. The number of hydrogen-bond acceptors (Lipinski definition) is 5. The maximum absolute atomic E-state index is 12.4. The fourth-order valence-corrected chi connectivity index (χ4v) is 2.44. The molecule has 0 saturated carbocycles. The summed E-state index contributed by atoms with van der Waals surface area (Å²) in [5, 5.41) is 0.305. The van der Waals surface area contributed by atoms with Gasteiger partial charge in [-0.15, -0.1) is 0 Å². The van der Waals surface area contributed by atoms with Gasteiger partial charge in [0.1, 0.15) is 17.3 Å². The minimum absolute atomic E-state index is 0.0860. The molecule has 0 radical (unpaired) electrons. The van der Waals surface area contributed by atoms with Gasteiger partial charge in [0.25, 0.3) is 5.91 Å². The van der Waals surface area contributed by atoms with Gasteiger partial charge in [-0.1, -0.05) is 11.6 Å². The molecule has 0 bridgehead atoms. The second kappa shape index (κ2) is 5.05. The van der Waals surface area contributed by atoms with Crippen LogP contribution in [0.15, 0.2) is 24.7 Å². The SMILES string of the molecule is Nc1ncnc2c1CCN(C(=O)c1ccnc(Cl)c1)C2. The molecule has 7 heteroatoms. The van der Waals surface area contributed by atoms with E-state index in [2.05, 4.69) is 15.0 Å². The van der Waals surface area contributed by atoms with Gasteiger partial charge in [0, 0.05) is 23.9 Å². The number of fused-ring (bicyclic) bond motifs is 1. The molecule has 0 fully saturated rings. The summed E-state index contributed by atoms with van der Waals surface area (Å²) in [6, 6.07) is 3.21. The van der Waals surface area contributed by atoms with Crippen molar-refractivity contribution in [2.75, 3.05) is 12.3 Å². The normalized spacial score (nSPS) is 13.9. The molecule has 102 valence electrons. The van der Waals surface area contributed by atoms with E-state index in [4.69, 9.17) is 17.3 Å². The molecule has 3 rings (SSSR count). The molecule has 2 N–H and O–H groups in total. The highest BCUT2D eigenvalue weighted by Gasteiger charge is 2.24. The summed E-state index contributed by atoms with van der Waals surface area (Å²) in [7, 11) is 0. The lowest BCUT2D eigenvalue weighted by Crippen LogP contribution is -2.37. The van der Waals surface area contributed by atoms with E-state index in [9.17, 15) is 4.79 Å². The van der Waals surface area contributed by atoms with E-state index in [1.54, 1.807) is 17.0 Å². The van der Waals surface area contributed by atoms with E-state index in [0.29, 0.717) is 36.0 Å². The number of pyridine rings is 1. The predicted molar refractivity (Wildman–Crippen MR) is 74.1 cm³/mol. The zero-order valence-corrected chi connectivity index (χ0v) is 11.3. The summed E-state index contributed by atoms with van der Waals surface area (Å²) < 4.78 is 0. The van der Waals surface area contributed by atoms with Gasteiger partial charge in [-0.3, -0.25) is 4.79 Å². The molecule has 0 atom stereocenters. The van der Waals surface area contributed by atoms with E-state index >= 15 is 0 Å². The van der Waals surface area contributed by atoms with Crippen LogP contribution in [0.3, 0.4) is 0 Å². The highest BCUT2D eigenvalue weighted by molar-refractivity contribution is 6.29. The number of nitrogen functional groups attached to an aromatic ring is 1.